The van der Waals surface area contributed by atoms with Crippen LogP contribution in [0.4, 0.5) is 0 Å². The zero-order valence-electron chi connectivity index (χ0n) is 7.56. The molecule has 0 fully saturated rings. The molecule has 1 nitrogen and oxygen atoms in total. The van der Waals surface area contributed by atoms with E-state index >= 15 is 0 Å². The van der Waals surface area contributed by atoms with Gasteiger partial charge < -0.3 is 4.74 Å². The minimum Gasteiger partial charge on any atom is -0.522 e. The van der Waals surface area contributed by atoms with E-state index in [0.29, 0.717) is 0 Å². The first-order chi connectivity index (χ1) is 4.75. The van der Waals surface area contributed by atoms with Crippen molar-refractivity contribution >= 4 is 0 Å². The second-order valence-corrected chi connectivity index (χ2v) is 2.35. The molecule has 0 atom stereocenters. The van der Waals surface area contributed by atoms with E-state index in [1.165, 1.54) is 0 Å². The first kappa shape index (κ1) is 10.6. The Hall–Kier alpha value is -0.383. The molecule has 0 amide bonds. The fourth-order valence-corrected chi connectivity index (χ4v) is 1.06. The first-order valence-electron chi connectivity index (χ1n) is 3.27. The van der Waals surface area contributed by atoms with E-state index in [4.69, 9.17) is 4.74 Å². The van der Waals surface area contributed by atoms with E-state index < -0.39 is 0 Å². The molecule has 54 valence electrons. The number of rotatable bonds is 1. The molecule has 0 aromatic heterocycles. The summed E-state index contributed by atoms with van der Waals surface area (Å²) < 4.78 is 5.16. The van der Waals surface area contributed by atoms with E-state index in [9.17, 15) is 0 Å². The van der Waals surface area contributed by atoms with Crippen LogP contribution in [-0.2, 0) is 0 Å². The maximum Gasteiger partial charge on any atom is 1.00 e. The van der Waals surface area contributed by atoms with Crippen molar-refractivity contribution in [3.05, 3.63) is 29.3 Å². The third-order valence-electron chi connectivity index (χ3n) is 1.52. The Morgan fingerprint density at radius 1 is 1.18 bits per heavy atom. The van der Waals surface area contributed by atoms with Gasteiger partial charge in [-0.05, 0) is 0 Å². The van der Waals surface area contributed by atoms with Gasteiger partial charge in [-0.15, -0.1) is 11.1 Å². The smallest absolute Gasteiger partial charge is 0.522 e. The van der Waals surface area contributed by atoms with E-state index in [1.54, 1.807) is 7.11 Å². The van der Waals surface area contributed by atoms with E-state index in [0.717, 1.165) is 16.9 Å². The number of methoxy groups -OCH3 is 1. The van der Waals surface area contributed by atoms with E-state index in [-0.39, 0.29) is 18.9 Å². The summed E-state index contributed by atoms with van der Waals surface area (Å²) in [7, 11) is 1.69. The summed E-state index contributed by atoms with van der Waals surface area (Å²) in [6.45, 7) is 4.03. The Morgan fingerprint density at radius 2 is 1.64 bits per heavy atom. The fourth-order valence-electron chi connectivity index (χ4n) is 1.06. The summed E-state index contributed by atoms with van der Waals surface area (Å²) in [5.41, 5.74) is 2.28. The molecule has 0 aliphatic rings. The minimum atomic E-state index is 0. The molecular formula is C9H11LiO. The summed E-state index contributed by atoms with van der Waals surface area (Å²) in [6, 6.07) is 6.87. The molecule has 1 rings (SSSR count). The van der Waals surface area contributed by atoms with Gasteiger partial charge in [0.1, 0.15) is 0 Å². The van der Waals surface area contributed by atoms with Crippen LogP contribution in [0, 0.1) is 19.9 Å². The van der Waals surface area contributed by atoms with Gasteiger partial charge in [0, 0.05) is 5.75 Å². The molecule has 0 saturated heterocycles. The molecule has 11 heavy (non-hydrogen) atoms. The van der Waals surface area contributed by atoms with Gasteiger partial charge in [-0.3, -0.25) is 0 Å². The topological polar surface area (TPSA) is 9.23 Å². The predicted octanol–water partition coefficient (Wildman–Crippen LogP) is -0.884. The molecule has 0 unspecified atom stereocenters. The van der Waals surface area contributed by atoms with Gasteiger partial charge in [0.2, 0.25) is 0 Å². The van der Waals surface area contributed by atoms with Gasteiger partial charge in [0.05, 0.1) is 7.11 Å². The summed E-state index contributed by atoms with van der Waals surface area (Å²) in [6.07, 6.45) is 0. The average Bonchev–Trinajstić information content (AvgIpc) is 1.88. The number of aryl methyl sites for hydroxylation is 2. The Kier molecular flexibility index (Phi) is 4.33. The maximum atomic E-state index is 5.16. The summed E-state index contributed by atoms with van der Waals surface area (Å²) >= 11 is 0. The van der Waals surface area contributed by atoms with Crippen LogP contribution >= 0.6 is 0 Å². The third kappa shape index (κ3) is 2.29. The van der Waals surface area contributed by atoms with Crippen molar-refractivity contribution in [3.63, 3.8) is 0 Å². The van der Waals surface area contributed by atoms with Crippen molar-refractivity contribution < 1.29 is 23.6 Å². The standard InChI is InChI=1S/C9H11O.Li/c1-7-5-4-6-8(2)9(7)10-3;/h5-6H,1-3H3;/q-1;+1. The minimum absolute atomic E-state index is 0. The Balaban J connectivity index is 0.000001000. The quantitative estimate of drug-likeness (QED) is 0.365. The van der Waals surface area contributed by atoms with Gasteiger partial charge >= 0.3 is 18.9 Å². The van der Waals surface area contributed by atoms with Crippen molar-refractivity contribution in [1.82, 2.24) is 0 Å². The van der Waals surface area contributed by atoms with Crippen LogP contribution in [0.1, 0.15) is 11.1 Å². The molecule has 1 aromatic rings. The molecule has 0 N–H and O–H groups in total. The first-order valence-corrected chi connectivity index (χ1v) is 3.27. The third-order valence-corrected chi connectivity index (χ3v) is 1.52. The van der Waals surface area contributed by atoms with Crippen molar-refractivity contribution in [2.24, 2.45) is 0 Å². The fraction of sp³-hybridized carbons (Fsp3) is 0.333. The van der Waals surface area contributed by atoms with Crippen molar-refractivity contribution in [2.75, 3.05) is 7.11 Å². The second-order valence-electron chi connectivity index (χ2n) is 2.35. The van der Waals surface area contributed by atoms with Gasteiger partial charge in [0.15, 0.2) is 0 Å². The number of benzene rings is 1. The second kappa shape index (κ2) is 4.49. The number of hydrogen-bond acceptors (Lipinski definition) is 1. The summed E-state index contributed by atoms with van der Waals surface area (Å²) in [4.78, 5) is 0. The van der Waals surface area contributed by atoms with Gasteiger partial charge in [-0.1, -0.05) is 13.8 Å². The predicted molar refractivity (Wildman–Crippen MR) is 41.3 cm³/mol. The van der Waals surface area contributed by atoms with Crippen LogP contribution in [-0.4, -0.2) is 7.11 Å². The monoisotopic (exact) mass is 142 g/mol. The van der Waals surface area contributed by atoms with Crippen LogP contribution in [0.25, 0.3) is 0 Å². The molecule has 0 saturated carbocycles. The van der Waals surface area contributed by atoms with Gasteiger partial charge in [-0.2, -0.15) is 18.2 Å². The van der Waals surface area contributed by atoms with Gasteiger partial charge in [0.25, 0.3) is 0 Å². The molecule has 0 heterocycles. The normalized spacial score (nSPS) is 8.64. The maximum absolute atomic E-state index is 5.16. The molecule has 0 radical (unpaired) electrons. The van der Waals surface area contributed by atoms with Crippen molar-refractivity contribution in [1.29, 1.82) is 0 Å². The van der Waals surface area contributed by atoms with Crippen molar-refractivity contribution in [3.8, 4) is 5.75 Å². The molecule has 2 heteroatoms. The number of hydrogen-bond donors (Lipinski definition) is 0. The number of ether oxygens (including phenoxy) is 1. The van der Waals surface area contributed by atoms with Crippen LogP contribution in [0.15, 0.2) is 12.1 Å². The van der Waals surface area contributed by atoms with Crippen LogP contribution < -0.4 is 23.6 Å². The SMILES string of the molecule is COc1c(C)c[c-]cc1C.[Li+]. The van der Waals surface area contributed by atoms with E-state index in [1.807, 2.05) is 26.0 Å². The van der Waals surface area contributed by atoms with Crippen LogP contribution in [0.5, 0.6) is 5.75 Å². The molecule has 0 aliphatic carbocycles. The average molecular weight is 142 g/mol. The molecule has 0 spiro atoms. The Morgan fingerprint density at radius 3 is 1.91 bits per heavy atom. The van der Waals surface area contributed by atoms with Crippen LogP contribution in [0.2, 0.25) is 0 Å². The van der Waals surface area contributed by atoms with E-state index in [2.05, 4.69) is 6.07 Å². The molecule has 1 aromatic carbocycles. The Bertz CT molecular complexity index is 213. The largest absolute Gasteiger partial charge is 1.00 e. The molecule has 0 aliphatic heterocycles. The zero-order chi connectivity index (χ0) is 7.56. The van der Waals surface area contributed by atoms with Crippen molar-refractivity contribution in [2.45, 2.75) is 13.8 Å². The summed E-state index contributed by atoms with van der Waals surface area (Å²) in [5.74, 6) is 0.971. The molecular weight excluding hydrogens is 131 g/mol. The van der Waals surface area contributed by atoms with Crippen LogP contribution in [0.3, 0.4) is 0 Å². The molecule has 0 bridgehead atoms. The van der Waals surface area contributed by atoms with Gasteiger partial charge in [-0.25, -0.2) is 0 Å². The summed E-state index contributed by atoms with van der Waals surface area (Å²) in [5, 5.41) is 0. The zero-order valence-corrected chi connectivity index (χ0v) is 7.56. The Labute approximate surface area is 79.9 Å².